The SMILES string of the molecule is COc1ccc(NC2=C(c3ccc(OC)cc3)C(=O)N(CCCOC(C)C)C2=O)cc1. The Balaban J connectivity index is 1.89. The summed E-state index contributed by atoms with van der Waals surface area (Å²) in [6.45, 7) is 4.67. The van der Waals surface area contributed by atoms with E-state index in [1.807, 2.05) is 13.8 Å². The minimum Gasteiger partial charge on any atom is -0.497 e. The zero-order valence-electron chi connectivity index (χ0n) is 18.3. The van der Waals surface area contributed by atoms with Crippen molar-refractivity contribution >= 4 is 23.1 Å². The van der Waals surface area contributed by atoms with Crippen LogP contribution in [0, 0.1) is 0 Å². The molecule has 0 spiro atoms. The summed E-state index contributed by atoms with van der Waals surface area (Å²) in [4.78, 5) is 27.7. The molecule has 1 aliphatic rings. The Labute approximate surface area is 182 Å². The lowest BCUT2D eigenvalue weighted by Gasteiger charge is -2.16. The fourth-order valence-corrected chi connectivity index (χ4v) is 3.28. The third-order valence-corrected chi connectivity index (χ3v) is 4.88. The molecular formula is C24H28N2O5. The van der Waals surface area contributed by atoms with Gasteiger partial charge in [0.25, 0.3) is 11.8 Å². The van der Waals surface area contributed by atoms with Gasteiger partial charge in [-0.05, 0) is 62.2 Å². The summed E-state index contributed by atoms with van der Waals surface area (Å²) in [6, 6.07) is 14.3. The number of methoxy groups -OCH3 is 2. The molecule has 0 aromatic heterocycles. The highest BCUT2D eigenvalue weighted by atomic mass is 16.5. The van der Waals surface area contributed by atoms with Gasteiger partial charge in [-0.15, -0.1) is 0 Å². The second-order valence-electron chi connectivity index (χ2n) is 7.37. The van der Waals surface area contributed by atoms with Gasteiger partial charge in [-0.25, -0.2) is 0 Å². The third-order valence-electron chi connectivity index (χ3n) is 4.88. The number of nitrogens with zero attached hydrogens (tertiary/aromatic N) is 1. The first-order valence-corrected chi connectivity index (χ1v) is 10.2. The lowest BCUT2D eigenvalue weighted by atomic mass is 10.0. The summed E-state index contributed by atoms with van der Waals surface area (Å²) in [5, 5.41) is 3.14. The number of hydrogen-bond acceptors (Lipinski definition) is 6. The maximum Gasteiger partial charge on any atom is 0.278 e. The summed E-state index contributed by atoms with van der Waals surface area (Å²) < 4.78 is 15.9. The van der Waals surface area contributed by atoms with Crippen molar-refractivity contribution in [3.63, 3.8) is 0 Å². The molecule has 0 saturated heterocycles. The molecule has 164 valence electrons. The fourth-order valence-electron chi connectivity index (χ4n) is 3.28. The van der Waals surface area contributed by atoms with Crippen molar-refractivity contribution in [1.82, 2.24) is 4.90 Å². The quantitative estimate of drug-likeness (QED) is 0.463. The van der Waals surface area contributed by atoms with E-state index in [1.165, 1.54) is 4.90 Å². The highest BCUT2D eigenvalue weighted by Gasteiger charge is 2.38. The lowest BCUT2D eigenvalue weighted by Crippen LogP contribution is -2.34. The monoisotopic (exact) mass is 424 g/mol. The highest BCUT2D eigenvalue weighted by Crippen LogP contribution is 2.31. The molecule has 1 heterocycles. The van der Waals surface area contributed by atoms with Gasteiger partial charge < -0.3 is 19.5 Å². The smallest absolute Gasteiger partial charge is 0.278 e. The zero-order valence-corrected chi connectivity index (χ0v) is 18.3. The summed E-state index contributed by atoms with van der Waals surface area (Å²) in [6.07, 6.45) is 0.673. The molecule has 2 aromatic carbocycles. The lowest BCUT2D eigenvalue weighted by molar-refractivity contribution is -0.137. The molecule has 1 N–H and O–H groups in total. The predicted molar refractivity (Wildman–Crippen MR) is 119 cm³/mol. The molecule has 0 fully saturated rings. The van der Waals surface area contributed by atoms with Crippen LogP contribution in [0.1, 0.15) is 25.8 Å². The Hall–Kier alpha value is -3.32. The standard InChI is InChI=1S/C24H28N2O5/c1-16(2)31-15-5-14-26-23(27)21(17-6-10-19(29-3)11-7-17)22(24(26)28)25-18-8-12-20(30-4)13-9-18/h6-13,16,25H,5,14-15H2,1-4H3. The predicted octanol–water partition coefficient (Wildman–Crippen LogP) is 3.71. The summed E-state index contributed by atoms with van der Waals surface area (Å²) in [7, 11) is 3.17. The van der Waals surface area contributed by atoms with E-state index in [-0.39, 0.29) is 30.2 Å². The molecule has 2 aromatic rings. The van der Waals surface area contributed by atoms with E-state index in [2.05, 4.69) is 5.32 Å². The van der Waals surface area contributed by atoms with E-state index in [1.54, 1.807) is 62.8 Å². The van der Waals surface area contributed by atoms with Crippen LogP contribution in [0.2, 0.25) is 0 Å². The molecule has 3 rings (SSSR count). The Kier molecular flexibility index (Phi) is 7.31. The number of carbonyl (C=O) groups excluding carboxylic acids is 2. The van der Waals surface area contributed by atoms with Crippen LogP contribution in [-0.2, 0) is 14.3 Å². The van der Waals surface area contributed by atoms with Gasteiger partial charge in [0.1, 0.15) is 17.2 Å². The molecule has 2 amide bonds. The molecular weight excluding hydrogens is 396 g/mol. The highest BCUT2D eigenvalue weighted by molar-refractivity contribution is 6.36. The van der Waals surface area contributed by atoms with Gasteiger partial charge in [0.2, 0.25) is 0 Å². The van der Waals surface area contributed by atoms with Gasteiger partial charge in [0.15, 0.2) is 0 Å². The van der Waals surface area contributed by atoms with Crippen LogP contribution in [0.4, 0.5) is 5.69 Å². The molecule has 0 radical (unpaired) electrons. The van der Waals surface area contributed by atoms with Crippen molar-refractivity contribution in [3.8, 4) is 11.5 Å². The Bertz CT molecular complexity index is 949. The van der Waals surface area contributed by atoms with Gasteiger partial charge in [0, 0.05) is 18.8 Å². The molecule has 7 nitrogen and oxygen atoms in total. The molecule has 0 atom stereocenters. The van der Waals surface area contributed by atoms with Gasteiger partial charge in [-0.1, -0.05) is 12.1 Å². The first-order chi connectivity index (χ1) is 14.9. The van der Waals surface area contributed by atoms with E-state index in [9.17, 15) is 9.59 Å². The first kappa shape index (κ1) is 22.4. The molecule has 0 unspecified atom stereocenters. The van der Waals surface area contributed by atoms with E-state index < -0.39 is 0 Å². The number of nitrogens with one attached hydrogen (secondary N) is 1. The molecule has 0 bridgehead atoms. The van der Waals surface area contributed by atoms with Crippen LogP contribution in [0.5, 0.6) is 11.5 Å². The third kappa shape index (κ3) is 5.24. The van der Waals surface area contributed by atoms with Crippen molar-refractivity contribution in [2.45, 2.75) is 26.4 Å². The van der Waals surface area contributed by atoms with Crippen LogP contribution >= 0.6 is 0 Å². The van der Waals surface area contributed by atoms with Crippen LogP contribution in [0.3, 0.4) is 0 Å². The molecule has 0 saturated carbocycles. The molecule has 31 heavy (non-hydrogen) atoms. The van der Waals surface area contributed by atoms with Crippen LogP contribution in [0.25, 0.3) is 5.57 Å². The second kappa shape index (κ2) is 10.1. The van der Waals surface area contributed by atoms with Gasteiger partial charge in [-0.3, -0.25) is 14.5 Å². The van der Waals surface area contributed by atoms with Gasteiger partial charge in [0.05, 0.1) is 25.9 Å². The minimum absolute atomic E-state index is 0.102. The number of anilines is 1. The van der Waals surface area contributed by atoms with Gasteiger partial charge >= 0.3 is 0 Å². The second-order valence-corrected chi connectivity index (χ2v) is 7.37. The van der Waals surface area contributed by atoms with Crippen molar-refractivity contribution in [1.29, 1.82) is 0 Å². The molecule has 7 heteroatoms. The number of rotatable bonds is 10. The first-order valence-electron chi connectivity index (χ1n) is 10.2. The van der Waals surface area contributed by atoms with E-state index in [4.69, 9.17) is 14.2 Å². The number of carbonyl (C=O) groups is 2. The van der Waals surface area contributed by atoms with Gasteiger partial charge in [-0.2, -0.15) is 0 Å². The minimum atomic E-state index is -0.351. The number of amides is 2. The molecule has 1 aliphatic heterocycles. The Morgan fingerprint density at radius 1 is 0.871 bits per heavy atom. The average Bonchev–Trinajstić information content (AvgIpc) is 3.01. The van der Waals surface area contributed by atoms with Crippen LogP contribution in [0.15, 0.2) is 54.2 Å². The fraction of sp³-hybridized carbons (Fsp3) is 0.333. The zero-order chi connectivity index (χ0) is 22.4. The number of ether oxygens (including phenoxy) is 3. The average molecular weight is 424 g/mol. The van der Waals surface area contributed by atoms with E-state index in [0.717, 1.165) is 0 Å². The van der Waals surface area contributed by atoms with Crippen molar-refractivity contribution in [2.24, 2.45) is 0 Å². The maximum atomic E-state index is 13.2. The van der Waals surface area contributed by atoms with Crippen molar-refractivity contribution < 1.29 is 23.8 Å². The largest absolute Gasteiger partial charge is 0.497 e. The van der Waals surface area contributed by atoms with E-state index in [0.29, 0.717) is 41.4 Å². The Morgan fingerprint density at radius 2 is 1.45 bits per heavy atom. The summed E-state index contributed by atoms with van der Waals surface area (Å²) in [5.41, 5.74) is 1.93. The number of benzene rings is 2. The number of imide groups is 1. The Morgan fingerprint density at radius 3 is 2.00 bits per heavy atom. The van der Waals surface area contributed by atoms with Crippen molar-refractivity contribution in [3.05, 3.63) is 59.8 Å². The van der Waals surface area contributed by atoms with Crippen LogP contribution < -0.4 is 14.8 Å². The van der Waals surface area contributed by atoms with Crippen molar-refractivity contribution in [2.75, 3.05) is 32.7 Å². The molecule has 0 aliphatic carbocycles. The maximum absolute atomic E-state index is 13.2. The summed E-state index contributed by atoms with van der Waals surface area (Å²) in [5.74, 6) is 0.705. The normalized spacial score (nSPS) is 13.9. The number of hydrogen-bond donors (Lipinski definition) is 1. The van der Waals surface area contributed by atoms with E-state index >= 15 is 0 Å². The topological polar surface area (TPSA) is 77.1 Å². The van der Waals surface area contributed by atoms with Crippen LogP contribution in [-0.4, -0.2) is 50.2 Å². The summed E-state index contributed by atoms with van der Waals surface area (Å²) >= 11 is 0.